The van der Waals surface area contributed by atoms with Crippen LogP contribution >= 0.6 is 0 Å². The molecule has 2 aliphatic carbocycles. The lowest BCUT2D eigenvalue weighted by Gasteiger charge is -2.60. The molecule has 1 heterocycles. The van der Waals surface area contributed by atoms with E-state index in [4.69, 9.17) is 9.15 Å². The van der Waals surface area contributed by atoms with Crippen molar-refractivity contribution < 1.29 is 19.1 Å². The summed E-state index contributed by atoms with van der Waals surface area (Å²) in [5, 5.41) is 15.6. The monoisotopic (exact) mass is 308 g/mol. The molecule has 0 saturated heterocycles. The molecule has 3 unspecified atom stereocenters. The van der Waals surface area contributed by atoms with E-state index in [1.807, 2.05) is 6.92 Å². The molecule has 6 heteroatoms. The van der Waals surface area contributed by atoms with E-state index in [0.29, 0.717) is 5.76 Å². The quantitative estimate of drug-likeness (QED) is 0.750. The Kier molecular flexibility index (Phi) is 4.40. The predicted octanol–water partition coefficient (Wildman–Crippen LogP) is 1.96. The fraction of sp³-hybridized carbons (Fsp3) is 0.688. The second-order valence-electron chi connectivity index (χ2n) is 6.20. The third-order valence-corrected chi connectivity index (χ3v) is 5.07. The van der Waals surface area contributed by atoms with Gasteiger partial charge in [-0.1, -0.05) is 6.42 Å². The van der Waals surface area contributed by atoms with Crippen molar-refractivity contribution in [3.63, 3.8) is 0 Å². The zero-order valence-electron chi connectivity index (χ0n) is 12.9. The highest BCUT2D eigenvalue weighted by atomic mass is 16.5. The summed E-state index contributed by atoms with van der Waals surface area (Å²) < 4.78 is 10.9. The first kappa shape index (κ1) is 15.4. The van der Waals surface area contributed by atoms with E-state index in [0.717, 1.165) is 25.9 Å². The minimum atomic E-state index is -0.823. The van der Waals surface area contributed by atoms with Crippen molar-refractivity contribution in [3.8, 4) is 0 Å². The molecule has 2 amide bonds. The molecule has 0 bridgehead atoms. The van der Waals surface area contributed by atoms with E-state index in [1.165, 1.54) is 12.7 Å². The van der Waals surface area contributed by atoms with Crippen LogP contribution in [0, 0.1) is 5.41 Å². The maximum atomic E-state index is 12.0. The van der Waals surface area contributed by atoms with Gasteiger partial charge < -0.3 is 24.9 Å². The van der Waals surface area contributed by atoms with E-state index < -0.39 is 6.10 Å². The van der Waals surface area contributed by atoms with Crippen molar-refractivity contribution in [3.05, 3.63) is 24.2 Å². The number of aliphatic hydroxyl groups is 1. The molecule has 2 fully saturated rings. The summed E-state index contributed by atoms with van der Waals surface area (Å²) in [5.41, 5.74) is 0.146. The number of rotatable bonds is 6. The van der Waals surface area contributed by atoms with Crippen LogP contribution in [0.5, 0.6) is 0 Å². The number of carbonyl (C=O) groups is 1. The molecule has 2 saturated carbocycles. The maximum Gasteiger partial charge on any atom is 0.315 e. The van der Waals surface area contributed by atoms with Gasteiger partial charge in [-0.15, -0.1) is 0 Å². The van der Waals surface area contributed by atoms with Gasteiger partial charge in [-0.25, -0.2) is 4.79 Å². The van der Waals surface area contributed by atoms with Gasteiger partial charge >= 0.3 is 6.03 Å². The summed E-state index contributed by atoms with van der Waals surface area (Å²) in [6, 6.07) is 3.34. The molecule has 6 nitrogen and oxygen atoms in total. The van der Waals surface area contributed by atoms with E-state index in [1.54, 1.807) is 12.1 Å². The van der Waals surface area contributed by atoms with Crippen LogP contribution in [0.4, 0.5) is 4.79 Å². The molecule has 0 aliphatic heterocycles. The number of urea groups is 1. The normalized spacial score (nSPS) is 26.8. The Morgan fingerprint density at radius 2 is 2.41 bits per heavy atom. The standard InChI is InChI=1S/C16H24N2O4/c1-2-21-14-9-13(16(14)6-4-7-16)18-15(20)17-10-11(19)12-5-3-8-22-12/h3,5,8,11,13-14,19H,2,4,6-7,9-10H2,1H3,(H2,17,18,20). The van der Waals surface area contributed by atoms with Gasteiger partial charge in [0.15, 0.2) is 0 Å². The van der Waals surface area contributed by atoms with Crippen molar-refractivity contribution in [2.75, 3.05) is 13.2 Å². The number of furan rings is 1. The molecule has 1 aromatic heterocycles. The van der Waals surface area contributed by atoms with Crippen LogP contribution in [0.25, 0.3) is 0 Å². The van der Waals surface area contributed by atoms with E-state index >= 15 is 0 Å². The van der Waals surface area contributed by atoms with Crippen molar-refractivity contribution >= 4 is 6.03 Å². The number of nitrogens with one attached hydrogen (secondary N) is 2. The SMILES string of the molecule is CCOC1CC(NC(=O)NCC(O)c2ccco2)C12CCC2. The molecular weight excluding hydrogens is 284 g/mol. The Morgan fingerprint density at radius 1 is 1.59 bits per heavy atom. The van der Waals surface area contributed by atoms with Crippen LogP contribution in [0.3, 0.4) is 0 Å². The minimum Gasteiger partial charge on any atom is -0.467 e. The van der Waals surface area contributed by atoms with Crippen LogP contribution < -0.4 is 10.6 Å². The molecule has 1 spiro atoms. The maximum absolute atomic E-state index is 12.0. The number of hydrogen-bond donors (Lipinski definition) is 3. The van der Waals surface area contributed by atoms with Crippen molar-refractivity contribution in [2.45, 2.75) is 50.9 Å². The number of amides is 2. The molecule has 3 N–H and O–H groups in total. The third-order valence-electron chi connectivity index (χ3n) is 5.07. The number of aliphatic hydroxyl groups excluding tert-OH is 1. The van der Waals surface area contributed by atoms with Crippen molar-refractivity contribution in [1.29, 1.82) is 0 Å². The summed E-state index contributed by atoms with van der Waals surface area (Å²) >= 11 is 0. The summed E-state index contributed by atoms with van der Waals surface area (Å²) in [6.07, 6.45) is 5.29. The average molecular weight is 308 g/mol. The molecule has 2 aliphatic rings. The average Bonchev–Trinajstić information content (AvgIpc) is 2.96. The molecule has 3 rings (SSSR count). The van der Waals surface area contributed by atoms with Gasteiger partial charge in [0.25, 0.3) is 0 Å². The fourth-order valence-corrected chi connectivity index (χ4v) is 3.62. The highest BCUT2D eigenvalue weighted by molar-refractivity contribution is 5.74. The van der Waals surface area contributed by atoms with Crippen molar-refractivity contribution in [1.82, 2.24) is 10.6 Å². The minimum absolute atomic E-state index is 0.133. The predicted molar refractivity (Wildman–Crippen MR) is 80.3 cm³/mol. The van der Waals surface area contributed by atoms with Crippen LogP contribution in [-0.2, 0) is 4.74 Å². The van der Waals surface area contributed by atoms with Crippen LogP contribution in [0.15, 0.2) is 22.8 Å². The van der Waals surface area contributed by atoms with Crippen LogP contribution in [-0.4, -0.2) is 36.4 Å². The lowest BCUT2D eigenvalue weighted by atomic mass is 9.51. The van der Waals surface area contributed by atoms with E-state index in [-0.39, 0.29) is 30.1 Å². The zero-order chi connectivity index (χ0) is 15.6. The summed E-state index contributed by atoms with van der Waals surface area (Å²) in [7, 11) is 0. The van der Waals surface area contributed by atoms with E-state index in [2.05, 4.69) is 10.6 Å². The number of hydrogen-bond acceptors (Lipinski definition) is 4. The number of ether oxygens (including phenoxy) is 1. The zero-order valence-corrected chi connectivity index (χ0v) is 12.9. The van der Waals surface area contributed by atoms with Gasteiger partial charge in [0.05, 0.1) is 18.9 Å². The molecule has 0 radical (unpaired) electrons. The third kappa shape index (κ3) is 2.73. The van der Waals surface area contributed by atoms with Crippen LogP contribution in [0.1, 0.15) is 44.5 Å². The smallest absolute Gasteiger partial charge is 0.315 e. The first-order valence-corrected chi connectivity index (χ1v) is 8.03. The topological polar surface area (TPSA) is 83.7 Å². The second kappa shape index (κ2) is 6.30. The molecule has 3 atom stereocenters. The second-order valence-corrected chi connectivity index (χ2v) is 6.20. The molecular formula is C16H24N2O4. The van der Waals surface area contributed by atoms with Gasteiger partial charge in [0.2, 0.25) is 0 Å². The fourth-order valence-electron chi connectivity index (χ4n) is 3.62. The Hall–Kier alpha value is -1.53. The molecule has 22 heavy (non-hydrogen) atoms. The number of carbonyl (C=O) groups excluding carboxylic acids is 1. The van der Waals surface area contributed by atoms with Gasteiger partial charge in [0.1, 0.15) is 11.9 Å². The highest BCUT2D eigenvalue weighted by Crippen LogP contribution is 2.57. The van der Waals surface area contributed by atoms with Gasteiger partial charge in [-0.2, -0.15) is 0 Å². The summed E-state index contributed by atoms with van der Waals surface area (Å²) in [6.45, 7) is 2.87. The highest BCUT2D eigenvalue weighted by Gasteiger charge is 2.59. The van der Waals surface area contributed by atoms with Gasteiger partial charge in [0, 0.05) is 18.1 Å². The summed E-state index contributed by atoms with van der Waals surface area (Å²) in [5.74, 6) is 0.454. The Balaban J connectivity index is 1.44. The lowest BCUT2D eigenvalue weighted by Crippen LogP contribution is -2.68. The summed E-state index contributed by atoms with van der Waals surface area (Å²) in [4.78, 5) is 12.0. The first-order valence-electron chi connectivity index (χ1n) is 8.03. The van der Waals surface area contributed by atoms with Gasteiger partial charge in [-0.05, 0) is 38.3 Å². The van der Waals surface area contributed by atoms with Crippen LogP contribution in [0.2, 0.25) is 0 Å². The lowest BCUT2D eigenvalue weighted by molar-refractivity contribution is -0.169. The Bertz CT molecular complexity index is 498. The van der Waals surface area contributed by atoms with Gasteiger partial charge in [-0.3, -0.25) is 0 Å². The molecule has 1 aromatic rings. The Morgan fingerprint density at radius 3 is 3.00 bits per heavy atom. The Labute approximate surface area is 130 Å². The first-order chi connectivity index (χ1) is 10.7. The van der Waals surface area contributed by atoms with Crippen molar-refractivity contribution in [2.24, 2.45) is 5.41 Å². The molecule has 122 valence electrons. The molecule has 0 aromatic carbocycles. The largest absolute Gasteiger partial charge is 0.467 e. The van der Waals surface area contributed by atoms with E-state index in [9.17, 15) is 9.90 Å².